The van der Waals surface area contributed by atoms with Gasteiger partial charge in [0.2, 0.25) is 0 Å². The number of hydrogen-bond donors (Lipinski definition) is 1. The van der Waals surface area contributed by atoms with Crippen LogP contribution in [0.1, 0.15) is 16.4 Å². The van der Waals surface area contributed by atoms with E-state index in [9.17, 15) is 9.59 Å². The molecule has 1 N–H and O–H groups in total. The van der Waals surface area contributed by atoms with Crippen molar-refractivity contribution in [3.8, 4) is 5.75 Å². The molecular weight excluding hydrogens is 450 g/mol. The van der Waals surface area contributed by atoms with Crippen LogP contribution >= 0.6 is 45.2 Å². The maximum atomic E-state index is 11.3. The molecule has 0 saturated carbocycles. The standard InChI is InChI=1S/C11H10I2O4/c1-6(12)11(16)17-8-4-2-7(3-5-8)9(13)10(14)15/h2-6,9H,1H3,(H,14,15). The van der Waals surface area contributed by atoms with E-state index in [1.807, 2.05) is 45.2 Å². The van der Waals surface area contributed by atoms with Gasteiger partial charge in [-0.1, -0.05) is 57.3 Å². The second kappa shape index (κ2) is 6.53. The number of carbonyl (C=O) groups is 2. The van der Waals surface area contributed by atoms with Gasteiger partial charge in [-0.25, -0.2) is 0 Å². The minimum Gasteiger partial charge on any atom is -0.480 e. The third kappa shape index (κ3) is 4.41. The van der Waals surface area contributed by atoms with Gasteiger partial charge in [-0.05, 0) is 24.6 Å². The summed E-state index contributed by atoms with van der Waals surface area (Å²) in [4.78, 5) is 22.1. The maximum absolute atomic E-state index is 11.3. The van der Waals surface area contributed by atoms with E-state index in [-0.39, 0.29) is 9.89 Å². The van der Waals surface area contributed by atoms with Crippen molar-refractivity contribution in [2.45, 2.75) is 14.8 Å². The number of carboxylic acid groups (broad SMARTS) is 1. The van der Waals surface area contributed by atoms with Gasteiger partial charge in [0.1, 0.15) is 13.6 Å². The number of carbonyl (C=O) groups excluding carboxylic acids is 1. The van der Waals surface area contributed by atoms with Crippen molar-refractivity contribution in [2.75, 3.05) is 0 Å². The van der Waals surface area contributed by atoms with Crippen LogP contribution < -0.4 is 4.74 Å². The summed E-state index contributed by atoms with van der Waals surface area (Å²) in [6.45, 7) is 1.74. The minimum atomic E-state index is -0.892. The second-order valence-electron chi connectivity index (χ2n) is 3.31. The van der Waals surface area contributed by atoms with Crippen LogP contribution in [0.4, 0.5) is 0 Å². The van der Waals surface area contributed by atoms with E-state index in [2.05, 4.69) is 0 Å². The van der Waals surface area contributed by atoms with Crippen molar-refractivity contribution >= 4 is 57.1 Å². The monoisotopic (exact) mass is 460 g/mol. The number of halogens is 2. The van der Waals surface area contributed by atoms with Gasteiger partial charge >= 0.3 is 11.9 Å². The highest BCUT2D eigenvalue weighted by atomic mass is 127. The summed E-state index contributed by atoms with van der Waals surface area (Å²) >= 11 is 3.80. The summed E-state index contributed by atoms with van der Waals surface area (Å²) in [6, 6.07) is 6.49. The van der Waals surface area contributed by atoms with Crippen molar-refractivity contribution in [3.63, 3.8) is 0 Å². The fourth-order valence-electron chi connectivity index (χ4n) is 1.04. The van der Waals surface area contributed by atoms with Crippen LogP contribution in [0.5, 0.6) is 5.75 Å². The lowest BCUT2D eigenvalue weighted by atomic mass is 10.1. The molecule has 0 amide bonds. The fraction of sp³-hybridized carbons (Fsp3) is 0.273. The van der Waals surface area contributed by atoms with Gasteiger partial charge in [0.15, 0.2) is 0 Å². The molecule has 2 unspecified atom stereocenters. The summed E-state index contributed by atoms with van der Waals surface area (Å²) < 4.78 is 4.26. The highest BCUT2D eigenvalue weighted by molar-refractivity contribution is 14.1. The molecule has 0 aromatic heterocycles. The van der Waals surface area contributed by atoms with Gasteiger partial charge in [-0.2, -0.15) is 0 Å². The number of carboxylic acids is 1. The van der Waals surface area contributed by atoms with Crippen molar-refractivity contribution < 1.29 is 19.4 Å². The first-order valence-electron chi connectivity index (χ1n) is 4.74. The van der Waals surface area contributed by atoms with E-state index in [1.165, 1.54) is 0 Å². The molecular formula is C11H10I2O4. The van der Waals surface area contributed by atoms with Gasteiger partial charge in [-0.15, -0.1) is 0 Å². The number of esters is 1. The van der Waals surface area contributed by atoms with E-state index in [1.54, 1.807) is 31.2 Å². The Bertz CT molecular complexity index is 414. The van der Waals surface area contributed by atoms with Gasteiger partial charge in [0, 0.05) is 0 Å². The average molecular weight is 460 g/mol. The summed E-state index contributed by atoms with van der Waals surface area (Å²) in [5.41, 5.74) is 0.667. The molecule has 1 rings (SSSR count). The topological polar surface area (TPSA) is 63.6 Å². The Morgan fingerprint density at radius 3 is 2.18 bits per heavy atom. The summed E-state index contributed by atoms with van der Waals surface area (Å²) in [5.74, 6) is -0.782. The Labute approximate surface area is 126 Å². The highest BCUT2D eigenvalue weighted by Crippen LogP contribution is 2.25. The second-order valence-corrected chi connectivity index (χ2v) is 6.42. The van der Waals surface area contributed by atoms with E-state index >= 15 is 0 Å². The Morgan fingerprint density at radius 2 is 1.76 bits per heavy atom. The molecule has 1 aromatic carbocycles. The molecule has 0 saturated heterocycles. The number of benzene rings is 1. The van der Waals surface area contributed by atoms with Crippen LogP contribution in [-0.2, 0) is 9.59 Å². The lowest BCUT2D eigenvalue weighted by Gasteiger charge is -2.08. The molecule has 92 valence electrons. The largest absolute Gasteiger partial charge is 0.480 e. The zero-order chi connectivity index (χ0) is 13.0. The first-order chi connectivity index (χ1) is 7.91. The number of alkyl halides is 2. The van der Waals surface area contributed by atoms with E-state index < -0.39 is 9.89 Å². The molecule has 0 aliphatic heterocycles. The number of rotatable bonds is 4. The zero-order valence-corrected chi connectivity index (χ0v) is 13.2. The molecule has 0 aliphatic rings. The number of hydrogen-bond acceptors (Lipinski definition) is 3. The van der Waals surface area contributed by atoms with Crippen LogP contribution in [-0.4, -0.2) is 21.0 Å². The third-order valence-corrected chi connectivity index (χ3v) is 3.69. The van der Waals surface area contributed by atoms with Crippen molar-refractivity contribution in [2.24, 2.45) is 0 Å². The first kappa shape index (κ1) is 14.7. The molecule has 0 spiro atoms. The van der Waals surface area contributed by atoms with Gasteiger partial charge < -0.3 is 9.84 Å². The van der Waals surface area contributed by atoms with Gasteiger partial charge in [0.25, 0.3) is 0 Å². The smallest absolute Gasteiger partial charge is 0.323 e. The molecule has 0 aliphatic carbocycles. The normalized spacial score (nSPS) is 13.8. The summed E-state index contributed by atoms with van der Waals surface area (Å²) in [5, 5.41) is 8.83. The Balaban J connectivity index is 2.75. The zero-order valence-electron chi connectivity index (χ0n) is 8.89. The van der Waals surface area contributed by atoms with Crippen LogP contribution in [0.15, 0.2) is 24.3 Å². The summed E-state index contributed by atoms with van der Waals surface area (Å²) in [6.07, 6.45) is 0. The van der Waals surface area contributed by atoms with Crippen LogP contribution in [0.2, 0.25) is 0 Å². The van der Waals surface area contributed by atoms with E-state index in [0.717, 1.165) is 0 Å². The van der Waals surface area contributed by atoms with Crippen molar-refractivity contribution in [3.05, 3.63) is 29.8 Å². The molecule has 0 fully saturated rings. The molecule has 0 heterocycles. The Morgan fingerprint density at radius 1 is 1.24 bits per heavy atom. The first-order valence-corrected chi connectivity index (χ1v) is 7.23. The minimum absolute atomic E-state index is 0.219. The molecule has 4 nitrogen and oxygen atoms in total. The third-order valence-electron chi connectivity index (χ3n) is 1.93. The quantitative estimate of drug-likeness (QED) is 0.325. The Hall–Kier alpha value is -0.380. The Kier molecular flexibility index (Phi) is 5.63. The van der Waals surface area contributed by atoms with Gasteiger partial charge in [-0.3, -0.25) is 9.59 Å². The lowest BCUT2D eigenvalue weighted by Crippen LogP contribution is -2.16. The predicted octanol–water partition coefficient (Wildman–Crippen LogP) is 2.98. The molecule has 0 bridgehead atoms. The van der Waals surface area contributed by atoms with Crippen LogP contribution in [0.3, 0.4) is 0 Å². The van der Waals surface area contributed by atoms with Crippen molar-refractivity contribution in [1.29, 1.82) is 0 Å². The molecule has 6 heteroatoms. The van der Waals surface area contributed by atoms with Crippen LogP contribution in [0, 0.1) is 0 Å². The lowest BCUT2D eigenvalue weighted by molar-refractivity contribution is -0.136. The highest BCUT2D eigenvalue weighted by Gasteiger charge is 2.16. The fourth-order valence-corrected chi connectivity index (χ4v) is 1.59. The molecule has 0 radical (unpaired) electrons. The van der Waals surface area contributed by atoms with Gasteiger partial charge in [0.05, 0.1) is 0 Å². The predicted molar refractivity (Wildman–Crippen MR) is 80.0 cm³/mol. The van der Waals surface area contributed by atoms with Crippen LogP contribution in [0.25, 0.3) is 0 Å². The molecule has 1 aromatic rings. The summed E-state index contributed by atoms with van der Waals surface area (Å²) in [7, 11) is 0. The maximum Gasteiger partial charge on any atom is 0.323 e. The number of ether oxygens (including phenoxy) is 1. The average Bonchev–Trinajstić information content (AvgIpc) is 2.28. The molecule has 2 atom stereocenters. The van der Waals surface area contributed by atoms with E-state index in [0.29, 0.717) is 11.3 Å². The SMILES string of the molecule is CC(I)C(=O)Oc1ccc(C(I)C(=O)O)cc1. The molecule has 17 heavy (non-hydrogen) atoms. The number of aliphatic carboxylic acids is 1. The van der Waals surface area contributed by atoms with Crippen molar-refractivity contribution in [1.82, 2.24) is 0 Å². The van der Waals surface area contributed by atoms with E-state index in [4.69, 9.17) is 9.84 Å².